The number of methoxy groups -OCH3 is 1. The fourth-order valence-electron chi connectivity index (χ4n) is 3.11. The van der Waals surface area contributed by atoms with Crippen LogP contribution in [0, 0.1) is 0 Å². The number of likely N-dealkylation sites (tertiary alicyclic amines) is 1. The summed E-state index contributed by atoms with van der Waals surface area (Å²) in [6.45, 7) is 3.13. The van der Waals surface area contributed by atoms with Gasteiger partial charge >= 0.3 is 0 Å². The first-order valence-corrected chi connectivity index (χ1v) is 7.98. The Hall–Kier alpha value is -1.92. The van der Waals surface area contributed by atoms with Crippen molar-refractivity contribution < 1.29 is 19.1 Å². The van der Waals surface area contributed by atoms with Gasteiger partial charge in [0.15, 0.2) is 0 Å². The molecule has 0 radical (unpaired) electrons. The lowest BCUT2D eigenvalue weighted by atomic mass is 10.1. The highest BCUT2D eigenvalue weighted by molar-refractivity contribution is 6.05. The molecule has 0 N–H and O–H groups in total. The molecule has 3 rings (SSSR count). The Balaban J connectivity index is 1.58. The van der Waals surface area contributed by atoms with Gasteiger partial charge in [-0.3, -0.25) is 19.4 Å². The second-order valence-electron chi connectivity index (χ2n) is 5.85. The number of ether oxygens (including phenoxy) is 2. The van der Waals surface area contributed by atoms with Crippen molar-refractivity contribution in [2.75, 3.05) is 40.0 Å². The average molecular weight is 318 g/mol. The maximum absolute atomic E-state index is 12.5. The van der Waals surface area contributed by atoms with E-state index >= 15 is 0 Å². The summed E-state index contributed by atoms with van der Waals surface area (Å²) < 4.78 is 10.4. The highest BCUT2D eigenvalue weighted by atomic mass is 16.5. The van der Waals surface area contributed by atoms with Crippen molar-refractivity contribution in [1.82, 2.24) is 9.80 Å². The van der Waals surface area contributed by atoms with Gasteiger partial charge in [-0.15, -0.1) is 0 Å². The Morgan fingerprint density at radius 1 is 1.17 bits per heavy atom. The van der Waals surface area contributed by atoms with E-state index in [2.05, 4.69) is 4.90 Å². The second-order valence-corrected chi connectivity index (χ2v) is 5.85. The van der Waals surface area contributed by atoms with Gasteiger partial charge in [0, 0.05) is 19.6 Å². The van der Waals surface area contributed by atoms with Crippen molar-refractivity contribution in [1.29, 1.82) is 0 Å². The van der Waals surface area contributed by atoms with E-state index in [1.54, 1.807) is 7.11 Å². The standard InChI is InChI=1S/C17H22N2O4/c1-22-14-4-2-13(3-5-14)6-7-19-16(20)12-15(17(19)21)18-8-10-23-11-9-18/h2-5,15H,6-12H2,1H3. The molecular weight excluding hydrogens is 296 g/mol. The summed E-state index contributed by atoms with van der Waals surface area (Å²) in [7, 11) is 1.63. The summed E-state index contributed by atoms with van der Waals surface area (Å²) in [5.74, 6) is 0.667. The number of imide groups is 1. The topological polar surface area (TPSA) is 59.1 Å². The number of hydrogen-bond acceptors (Lipinski definition) is 5. The molecule has 1 atom stereocenters. The zero-order valence-corrected chi connectivity index (χ0v) is 13.4. The van der Waals surface area contributed by atoms with Crippen molar-refractivity contribution in [3.63, 3.8) is 0 Å². The van der Waals surface area contributed by atoms with Crippen LogP contribution in [0.4, 0.5) is 0 Å². The Kier molecular flexibility index (Phi) is 4.93. The van der Waals surface area contributed by atoms with E-state index in [-0.39, 0.29) is 17.9 Å². The molecule has 6 nitrogen and oxygen atoms in total. The molecule has 0 bridgehead atoms. The Morgan fingerprint density at radius 3 is 2.52 bits per heavy atom. The summed E-state index contributed by atoms with van der Waals surface area (Å²) in [5, 5.41) is 0. The Bertz CT molecular complexity index is 566. The third-order valence-electron chi connectivity index (χ3n) is 4.49. The summed E-state index contributed by atoms with van der Waals surface area (Å²) in [4.78, 5) is 28.2. The molecule has 124 valence electrons. The van der Waals surface area contributed by atoms with E-state index in [1.807, 2.05) is 24.3 Å². The van der Waals surface area contributed by atoms with Crippen LogP contribution in [0.1, 0.15) is 12.0 Å². The van der Waals surface area contributed by atoms with Crippen LogP contribution < -0.4 is 4.74 Å². The van der Waals surface area contributed by atoms with E-state index in [4.69, 9.17) is 9.47 Å². The number of carbonyl (C=O) groups excluding carboxylic acids is 2. The number of rotatable bonds is 5. The number of amides is 2. The summed E-state index contributed by atoms with van der Waals surface area (Å²) in [5.41, 5.74) is 1.08. The number of carbonyl (C=O) groups is 2. The van der Waals surface area contributed by atoms with Crippen LogP contribution in [0.25, 0.3) is 0 Å². The van der Waals surface area contributed by atoms with E-state index in [1.165, 1.54) is 4.90 Å². The molecule has 2 fully saturated rings. The first-order chi connectivity index (χ1) is 11.2. The van der Waals surface area contributed by atoms with Crippen LogP contribution >= 0.6 is 0 Å². The van der Waals surface area contributed by atoms with E-state index in [9.17, 15) is 9.59 Å². The van der Waals surface area contributed by atoms with Crippen molar-refractivity contribution in [3.8, 4) is 5.75 Å². The van der Waals surface area contributed by atoms with Crippen LogP contribution in [-0.2, 0) is 20.7 Å². The zero-order valence-electron chi connectivity index (χ0n) is 13.4. The Labute approximate surface area is 136 Å². The first kappa shape index (κ1) is 16.0. The molecule has 0 spiro atoms. The number of hydrogen-bond donors (Lipinski definition) is 0. The van der Waals surface area contributed by atoms with Gasteiger partial charge in [0.2, 0.25) is 11.8 Å². The molecule has 2 heterocycles. The molecule has 2 aliphatic heterocycles. The monoisotopic (exact) mass is 318 g/mol. The van der Waals surface area contributed by atoms with Crippen molar-refractivity contribution >= 4 is 11.8 Å². The van der Waals surface area contributed by atoms with Crippen LogP contribution in [-0.4, -0.2) is 67.6 Å². The van der Waals surface area contributed by atoms with Crippen LogP contribution in [0.5, 0.6) is 5.75 Å². The predicted molar refractivity (Wildman–Crippen MR) is 84.2 cm³/mol. The van der Waals surface area contributed by atoms with Gasteiger partial charge in [-0.1, -0.05) is 12.1 Å². The molecular formula is C17H22N2O4. The fraction of sp³-hybridized carbons (Fsp3) is 0.529. The van der Waals surface area contributed by atoms with Crippen molar-refractivity contribution in [2.45, 2.75) is 18.9 Å². The minimum Gasteiger partial charge on any atom is -0.497 e. The van der Waals surface area contributed by atoms with Crippen molar-refractivity contribution in [2.24, 2.45) is 0 Å². The molecule has 2 aliphatic rings. The number of morpholine rings is 1. The minimum absolute atomic E-state index is 0.0644. The quantitative estimate of drug-likeness (QED) is 0.748. The molecule has 23 heavy (non-hydrogen) atoms. The lowest BCUT2D eigenvalue weighted by Gasteiger charge is -2.30. The van der Waals surface area contributed by atoms with E-state index in [0.717, 1.165) is 24.4 Å². The molecule has 1 unspecified atom stereocenters. The predicted octanol–water partition coefficient (Wildman–Crippen LogP) is 0.697. The van der Waals surface area contributed by atoms with Gasteiger partial charge in [0.05, 0.1) is 32.8 Å². The molecule has 1 aromatic carbocycles. The van der Waals surface area contributed by atoms with Crippen LogP contribution in [0.3, 0.4) is 0 Å². The lowest BCUT2D eigenvalue weighted by molar-refractivity contribution is -0.140. The second kappa shape index (κ2) is 7.10. The van der Waals surface area contributed by atoms with Gasteiger partial charge in [-0.05, 0) is 24.1 Å². The van der Waals surface area contributed by atoms with Gasteiger partial charge in [-0.2, -0.15) is 0 Å². The number of benzene rings is 1. The molecule has 2 amide bonds. The smallest absolute Gasteiger partial charge is 0.247 e. The van der Waals surface area contributed by atoms with Gasteiger partial charge < -0.3 is 9.47 Å². The largest absolute Gasteiger partial charge is 0.497 e. The molecule has 6 heteroatoms. The van der Waals surface area contributed by atoms with Crippen molar-refractivity contribution in [3.05, 3.63) is 29.8 Å². The van der Waals surface area contributed by atoms with Crippen LogP contribution in [0.15, 0.2) is 24.3 Å². The average Bonchev–Trinajstić information content (AvgIpc) is 2.88. The zero-order chi connectivity index (χ0) is 16.2. The van der Waals surface area contributed by atoms with E-state index in [0.29, 0.717) is 32.6 Å². The fourth-order valence-corrected chi connectivity index (χ4v) is 3.11. The molecule has 0 aliphatic carbocycles. The molecule has 0 aromatic heterocycles. The highest BCUT2D eigenvalue weighted by Gasteiger charge is 2.41. The SMILES string of the molecule is COc1ccc(CCN2C(=O)CC(N3CCOCC3)C2=O)cc1. The minimum atomic E-state index is -0.303. The number of nitrogens with zero attached hydrogens (tertiary/aromatic N) is 2. The Morgan fingerprint density at radius 2 is 1.87 bits per heavy atom. The van der Waals surface area contributed by atoms with Crippen LogP contribution in [0.2, 0.25) is 0 Å². The van der Waals surface area contributed by atoms with Gasteiger partial charge in [-0.25, -0.2) is 0 Å². The molecule has 1 aromatic rings. The maximum Gasteiger partial charge on any atom is 0.247 e. The van der Waals surface area contributed by atoms with Gasteiger partial charge in [0.25, 0.3) is 0 Å². The summed E-state index contributed by atoms with van der Waals surface area (Å²) in [6.07, 6.45) is 0.957. The van der Waals surface area contributed by atoms with Gasteiger partial charge in [0.1, 0.15) is 5.75 Å². The first-order valence-electron chi connectivity index (χ1n) is 7.98. The summed E-state index contributed by atoms with van der Waals surface area (Å²) >= 11 is 0. The molecule has 2 saturated heterocycles. The van der Waals surface area contributed by atoms with E-state index < -0.39 is 0 Å². The third kappa shape index (κ3) is 3.54. The normalized spacial score (nSPS) is 22.7. The molecule has 0 saturated carbocycles. The third-order valence-corrected chi connectivity index (χ3v) is 4.49. The lowest BCUT2D eigenvalue weighted by Crippen LogP contribution is -2.47. The highest BCUT2D eigenvalue weighted by Crippen LogP contribution is 2.20. The maximum atomic E-state index is 12.5. The summed E-state index contributed by atoms with van der Waals surface area (Å²) in [6, 6.07) is 7.40.